The molecular formula is C22H23N3O3. The van der Waals surface area contributed by atoms with Gasteiger partial charge in [-0.15, -0.1) is 0 Å². The van der Waals surface area contributed by atoms with Crippen molar-refractivity contribution in [2.45, 2.75) is 26.2 Å². The van der Waals surface area contributed by atoms with Gasteiger partial charge in [0.25, 0.3) is 5.91 Å². The van der Waals surface area contributed by atoms with Gasteiger partial charge in [-0.3, -0.25) is 4.79 Å². The number of para-hydroxylation sites is 1. The van der Waals surface area contributed by atoms with Crippen LogP contribution < -0.4 is 10.6 Å². The number of anilines is 2. The number of rotatable bonds is 8. The van der Waals surface area contributed by atoms with Crippen molar-refractivity contribution in [3.8, 4) is 6.07 Å². The van der Waals surface area contributed by atoms with E-state index in [4.69, 9.17) is 4.74 Å². The lowest BCUT2D eigenvalue weighted by molar-refractivity contribution is -0.112. The summed E-state index contributed by atoms with van der Waals surface area (Å²) in [7, 11) is 1.26. The molecule has 0 aliphatic carbocycles. The summed E-state index contributed by atoms with van der Waals surface area (Å²) >= 11 is 0. The zero-order chi connectivity index (χ0) is 20.4. The molecule has 6 heteroatoms. The number of amides is 1. The van der Waals surface area contributed by atoms with Crippen LogP contribution in [-0.4, -0.2) is 19.0 Å². The maximum absolute atomic E-state index is 12.4. The number of methoxy groups -OCH3 is 1. The van der Waals surface area contributed by atoms with Crippen molar-refractivity contribution in [2.24, 2.45) is 0 Å². The summed E-state index contributed by atoms with van der Waals surface area (Å²) < 4.78 is 4.70. The van der Waals surface area contributed by atoms with Crippen molar-refractivity contribution in [3.05, 3.63) is 71.4 Å². The molecule has 2 aromatic carbocycles. The summed E-state index contributed by atoms with van der Waals surface area (Å²) in [4.78, 5) is 24.2. The fourth-order valence-electron chi connectivity index (χ4n) is 2.52. The van der Waals surface area contributed by atoms with Gasteiger partial charge in [0.1, 0.15) is 11.6 Å². The molecule has 6 nitrogen and oxygen atoms in total. The third kappa shape index (κ3) is 5.71. The Hall–Kier alpha value is -3.59. The van der Waals surface area contributed by atoms with E-state index in [1.165, 1.54) is 24.9 Å². The topological polar surface area (TPSA) is 91.2 Å². The first-order valence-corrected chi connectivity index (χ1v) is 9.03. The van der Waals surface area contributed by atoms with Gasteiger partial charge in [-0.1, -0.05) is 37.6 Å². The van der Waals surface area contributed by atoms with Crippen LogP contribution in [0.1, 0.15) is 35.7 Å². The smallest absolute Gasteiger partial charge is 0.339 e. The Labute approximate surface area is 164 Å². The molecule has 0 unspecified atom stereocenters. The summed E-state index contributed by atoms with van der Waals surface area (Å²) in [6.45, 7) is 2.15. The zero-order valence-corrected chi connectivity index (χ0v) is 16.0. The number of hydrogen-bond acceptors (Lipinski definition) is 5. The van der Waals surface area contributed by atoms with E-state index in [0.717, 1.165) is 24.9 Å². The molecule has 2 rings (SSSR count). The van der Waals surface area contributed by atoms with Crippen molar-refractivity contribution in [1.82, 2.24) is 0 Å². The predicted octanol–water partition coefficient (Wildman–Crippen LogP) is 4.27. The molecule has 0 atom stereocenters. The van der Waals surface area contributed by atoms with Gasteiger partial charge in [0.15, 0.2) is 0 Å². The lowest BCUT2D eigenvalue weighted by atomic mass is 10.1. The highest BCUT2D eigenvalue weighted by Crippen LogP contribution is 2.17. The van der Waals surface area contributed by atoms with E-state index in [9.17, 15) is 14.9 Å². The molecule has 0 saturated carbocycles. The van der Waals surface area contributed by atoms with Crippen molar-refractivity contribution in [2.75, 3.05) is 17.7 Å². The number of nitrogens with one attached hydrogen (secondary N) is 2. The second kappa shape index (κ2) is 10.5. The van der Waals surface area contributed by atoms with Crippen molar-refractivity contribution in [1.29, 1.82) is 5.26 Å². The number of benzene rings is 2. The van der Waals surface area contributed by atoms with E-state index in [1.54, 1.807) is 18.2 Å². The molecule has 0 bridgehead atoms. The molecule has 1 amide bonds. The van der Waals surface area contributed by atoms with Gasteiger partial charge in [-0.25, -0.2) is 4.79 Å². The molecule has 0 aromatic heterocycles. The number of nitriles is 1. The summed E-state index contributed by atoms with van der Waals surface area (Å²) in [5.41, 5.74) is 2.39. The SMILES string of the molecule is CCCCc1ccc(N/C=C(/C#N)C(=O)Nc2ccccc2C(=O)OC)cc1. The average molecular weight is 377 g/mol. The van der Waals surface area contributed by atoms with Crippen LogP contribution in [0.5, 0.6) is 0 Å². The number of unbranched alkanes of at least 4 members (excludes halogenated alkanes) is 1. The van der Waals surface area contributed by atoms with E-state index < -0.39 is 11.9 Å². The Morgan fingerprint density at radius 2 is 1.86 bits per heavy atom. The van der Waals surface area contributed by atoms with Gasteiger partial charge in [-0.05, 0) is 42.7 Å². The molecule has 2 aromatic rings. The van der Waals surface area contributed by atoms with Crippen LogP contribution in [-0.2, 0) is 16.0 Å². The predicted molar refractivity (Wildman–Crippen MR) is 109 cm³/mol. The molecular weight excluding hydrogens is 354 g/mol. The first-order valence-electron chi connectivity index (χ1n) is 9.03. The number of esters is 1. The van der Waals surface area contributed by atoms with Crippen LogP contribution in [0.3, 0.4) is 0 Å². The van der Waals surface area contributed by atoms with Crippen LogP contribution in [0.15, 0.2) is 60.3 Å². The average Bonchev–Trinajstić information content (AvgIpc) is 2.73. The minimum atomic E-state index is -0.620. The van der Waals surface area contributed by atoms with Gasteiger partial charge >= 0.3 is 5.97 Å². The Morgan fingerprint density at radius 1 is 1.14 bits per heavy atom. The van der Waals surface area contributed by atoms with Gasteiger partial charge in [0, 0.05) is 11.9 Å². The lowest BCUT2D eigenvalue weighted by Crippen LogP contribution is -2.17. The standard InChI is InChI=1S/C22H23N3O3/c1-3-4-7-16-10-12-18(13-11-16)24-15-17(14-23)21(26)25-20-9-6-5-8-19(20)22(27)28-2/h5-6,8-13,15,24H,3-4,7H2,1-2H3,(H,25,26)/b17-15-. The second-order valence-electron chi connectivity index (χ2n) is 6.11. The molecule has 0 saturated heterocycles. The third-order valence-corrected chi connectivity index (χ3v) is 4.10. The molecule has 144 valence electrons. The fraction of sp³-hybridized carbons (Fsp3) is 0.227. The maximum Gasteiger partial charge on any atom is 0.339 e. The van der Waals surface area contributed by atoms with Crippen LogP contribution in [0.2, 0.25) is 0 Å². The molecule has 0 spiro atoms. The lowest BCUT2D eigenvalue weighted by Gasteiger charge is -2.09. The highest BCUT2D eigenvalue weighted by molar-refractivity contribution is 6.09. The molecule has 0 radical (unpaired) electrons. The van der Waals surface area contributed by atoms with Crippen molar-refractivity contribution < 1.29 is 14.3 Å². The van der Waals surface area contributed by atoms with E-state index in [0.29, 0.717) is 0 Å². The molecule has 2 N–H and O–H groups in total. The largest absolute Gasteiger partial charge is 0.465 e. The Morgan fingerprint density at radius 3 is 2.50 bits per heavy atom. The van der Waals surface area contributed by atoms with Gasteiger partial charge in [-0.2, -0.15) is 5.26 Å². The molecule has 0 aliphatic rings. The fourth-order valence-corrected chi connectivity index (χ4v) is 2.52. The number of carbonyl (C=O) groups excluding carboxylic acids is 2. The molecule has 0 heterocycles. The number of nitrogens with zero attached hydrogens (tertiary/aromatic N) is 1. The van der Waals surface area contributed by atoms with E-state index in [-0.39, 0.29) is 16.8 Å². The van der Waals surface area contributed by atoms with Crippen LogP contribution in [0, 0.1) is 11.3 Å². The van der Waals surface area contributed by atoms with Gasteiger partial charge in [0.2, 0.25) is 0 Å². The van der Waals surface area contributed by atoms with Crippen molar-refractivity contribution in [3.63, 3.8) is 0 Å². The number of hydrogen-bond donors (Lipinski definition) is 2. The second-order valence-corrected chi connectivity index (χ2v) is 6.11. The Bertz CT molecular complexity index is 896. The summed E-state index contributed by atoms with van der Waals surface area (Å²) in [6, 6.07) is 16.2. The summed E-state index contributed by atoms with van der Waals surface area (Å²) in [5.74, 6) is -1.19. The highest BCUT2D eigenvalue weighted by Gasteiger charge is 2.15. The van der Waals surface area contributed by atoms with Crippen LogP contribution >= 0.6 is 0 Å². The normalized spacial score (nSPS) is 10.7. The number of ether oxygens (including phenoxy) is 1. The monoisotopic (exact) mass is 377 g/mol. The molecule has 0 fully saturated rings. The van der Waals surface area contributed by atoms with Crippen LogP contribution in [0.4, 0.5) is 11.4 Å². The number of aryl methyl sites for hydroxylation is 1. The summed E-state index contributed by atoms with van der Waals surface area (Å²) in [5, 5.41) is 14.8. The van der Waals surface area contributed by atoms with Gasteiger partial charge < -0.3 is 15.4 Å². The summed E-state index contributed by atoms with van der Waals surface area (Å²) in [6.07, 6.45) is 4.65. The third-order valence-electron chi connectivity index (χ3n) is 4.10. The van der Waals surface area contributed by atoms with E-state index in [1.807, 2.05) is 30.3 Å². The molecule has 0 aliphatic heterocycles. The maximum atomic E-state index is 12.4. The molecule has 28 heavy (non-hydrogen) atoms. The van der Waals surface area contributed by atoms with E-state index >= 15 is 0 Å². The Balaban J connectivity index is 2.07. The Kier molecular flexibility index (Phi) is 7.79. The van der Waals surface area contributed by atoms with Crippen LogP contribution in [0.25, 0.3) is 0 Å². The van der Waals surface area contributed by atoms with E-state index in [2.05, 4.69) is 17.6 Å². The minimum Gasteiger partial charge on any atom is -0.465 e. The quantitative estimate of drug-likeness (QED) is 0.407. The minimum absolute atomic E-state index is 0.116. The zero-order valence-electron chi connectivity index (χ0n) is 16.0. The van der Waals surface area contributed by atoms with Gasteiger partial charge in [0.05, 0.1) is 18.4 Å². The first-order chi connectivity index (χ1) is 13.6. The first kappa shape index (κ1) is 20.7. The number of carbonyl (C=O) groups is 2. The highest BCUT2D eigenvalue weighted by atomic mass is 16.5. The van der Waals surface area contributed by atoms with Crippen molar-refractivity contribution >= 4 is 23.3 Å².